The van der Waals surface area contributed by atoms with Gasteiger partial charge in [-0.1, -0.05) is 0 Å². The number of aryl methyl sites for hydroxylation is 1. The van der Waals surface area contributed by atoms with Crippen molar-refractivity contribution in [1.82, 2.24) is 19.4 Å². The lowest BCUT2D eigenvalue weighted by Gasteiger charge is -2.20. The molecular weight excluding hydrogens is 242 g/mol. The summed E-state index contributed by atoms with van der Waals surface area (Å²) >= 11 is 0. The molecule has 0 fully saturated rings. The summed E-state index contributed by atoms with van der Waals surface area (Å²) in [6.45, 7) is 5.81. The SMILES string of the molecule is Cc1c(C)n(C(C)C(=O)N(C)C)c2ncnc(N)c12. The van der Waals surface area contributed by atoms with Gasteiger partial charge in [-0.25, -0.2) is 9.97 Å². The van der Waals surface area contributed by atoms with Crippen LogP contribution in [0, 0.1) is 13.8 Å². The molecule has 1 amide bonds. The van der Waals surface area contributed by atoms with E-state index in [1.54, 1.807) is 19.0 Å². The van der Waals surface area contributed by atoms with E-state index in [1.807, 2.05) is 25.3 Å². The highest BCUT2D eigenvalue weighted by Crippen LogP contribution is 2.30. The van der Waals surface area contributed by atoms with E-state index in [0.29, 0.717) is 11.5 Å². The van der Waals surface area contributed by atoms with Crippen LogP contribution in [0.2, 0.25) is 0 Å². The molecule has 0 aliphatic carbocycles. The zero-order chi connectivity index (χ0) is 14.3. The number of anilines is 1. The molecule has 19 heavy (non-hydrogen) atoms. The topological polar surface area (TPSA) is 77.0 Å². The Labute approximate surface area is 112 Å². The van der Waals surface area contributed by atoms with Crippen molar-refractivity contribution in [3.05, 3.63) is 17.6 Å². The lowest BCUT2D eigenvalue weighted by atomic mass is 10.2. The number of amides is 1. The van der Waals surface area contributed by atoms with E-state index in [0.717, 1.165) is 16.6 Å². The van der Waals surface area contributed by atoms with Crippen molar-refractivity contribution in [2.75, 3.05) is 19.8 Å². The molecule has 2 N–H and O–H groups in total. The van der Waals surface area contributed by atoms with E-state index in [4.69, 9.17) is 5.73 Å². The van der Waals surface area contributed by atoms with Crippen LogP contribution in [0.1, 0.15) is 24.2 Å². The Bertz CT molecular complexity index is 644. The second-order valence-corrected chi connectivity index (χ2v) is 4.95. The van der Waals surface area contributed by atoms with Crippen LogP contribution >= 0.6 is 0 Å². The molecule has 0 radical (unpaired) electrons. The average Bonchev–Trinajstić information content (AvgIpc) is 2.61. The van der Waals surface area contributed by atoms with Crippen molar-refractivity contribution < 1.29 is 4.79 Å². The molecule has 1 unspecified atom stereocenters. The van der Waals surface area contributed by atoms with Gasteiger partial charge in [0.25, 0.3) is 0 Å². The van der Waals surface area contributed by atoms with Crippen molar-refractivity contribution in [3.63, 3.8) is 0 Å². The van der Waals surface area contributed by atoms with Gasteiger partial charge in [-0.15, -0.1) is 0 Å². The minimum absolute atomic E-state index is 0.0252. The molecule has 0 bridgehead atoms. The predicted octanol–water partition coefficient (Wildman–Crippen LogP) is 1.28. The summed E-state index contributed by atoms with van der Waals surface area (Å²) in [5.41, 5.74) is 8.64. The highest BCUT2D eigenvalue weighted by Gasteiger charge is 2.24. The predicted molar refractivity (Wildman–Crippen MR) is 74.8 cm³/mol. The normalized spacial score (nSPS) is 12.7. The quantitative estimate of drug-likeness (QED) is 0.883. The molecule has 2 aromatic rings. The maximum Gasteiger partial charge on any atom is 0.244 e. The number of hydrogen-bond donors (Lipinski definition) is 1. The summed E-state index contributed by atoms with van der Waals surface area (Å²) in [6.07, 6.45) is 1.43. The Morgan fingerprint density at radius 3 is 2.58 bits per heavy atom. The largest absolute Gasteiger partial charge is 0.383 e. The number of nitrogens with zero attached hydrogens (tertiary/aromatic N) is 4. The van der Waals surface area contributed by atoms with Gasteiger partial charge in [0.15, 0.2) is 0 Å². The number of nitrogen functional groups attached to an aromatic ring is 1. The standard InChI is InChI=1S/C13H19N5O/c1-7-8(2)18(9(3)13(19)17(4)5)12-10(7)11(14)15-6-16-12/h6,9H,1-5H3,(H2,14,15,16). The third-order valence-electron chi connectivity index (χ3n) is 3.55. The molecule has 0 saturated heterocycles. The van der Waals surface area contributed by atoms with Crippen LogP contribution in [0.3, 0.4) is 0 Å². The van der Waals surface area contributed by atoms with Crippen LogP contribution in [-0.4, -0.2) is 39.4 Å². The van der Waals surface area contributed by atoms with Crippen LogP contribution in [-0.2, 0) is 4.79 Å². The van der Waals surface area contributed by atoms with Crippen molar-refractivity contribution in [1.29, 1.82) is 0 Å². The molecule has 0 spiro atoms. The molecule has 2 heterocycles. The summed E-state index contributed by atoms with van der Waals surface area (Å²) in [6, 6.07) is -0.319. The van der Waals surface area contributed by atoms with E-state index in [1.165, 1.54) is 6.33 Å². The molecule has 6 nitrogen and oxygen atoms in total. The molecule has 102 valence electrons. The van der Waals surface area contributed by atoms with E-state index < -0.39 is 0 Å². The summed E-state index contributed by atoms with van der Waals surface area (Å²) in [5.74, 6) is 0.478. The van der Waals surface area contributed by atoms with E-state index in [-0.39, 0.29) is 11.9 Å². The van der Waals surface area contributed by atoms with Gasteiger partial charge in [-0.05, 0) is 26.3 Å². The van der Waals surface area contributed by atoms with Gasteiger partial charge in [0.1, 0.15) is 23.8 Å². The first kappa shape index (κ1) is 13.3. The molecule has 0 aliphatic rings. The van der Waals surface area contributed by atoms with Crippen molar-refractivity contribution >= 4 is 22.8 Å². The smallest absolute Gasteiger partial charge is 0.244 e. The molecule has 1 atom stereocenters. The van der Waals surface area contributed by atoms with Gasteiger partial charge < -0.3 is 15.2 Å². The van der Waals surface area contributed by atoms with Gasteiger partial charge in [0.2, 0.25) is 5.91 Å². The number of likely N-dealkylation sites (N-methyl/N-ethyl adjacent to an activating group) is 1. The fourth-order valence-electron chi connectivity index (χ4n) is 2.41. The number of carbonyl (C=O) groups is 1. The summed E-state index contributed by atoms with van der Waals surface area (Å²) in [5, 5.41) is 0.832. The number of fused-ring (bicyclic) bond motifs is 1. The van der Waals surface area contributed by atoms with Crippen LogP contribution in [0.5, 0.6) is 0 Å². The fourth-order valence-corrected chi connectivity index (χ4v) is 2.41. The highest BCUT2D eigenvalue weighted by atomic mass is 16.2. The molecular formula is C13H19N5O. The van der Waals surface area contributed by atoms with Gasteiger partial charge in [-0.3, -0.25) is 4.79 Å². The first-order chi connectivity index (χ1) is 8.86. The Morgan fingerprint density at radius 2 is 2.00 bits per heavy atom. The lowest BCUT2D eigenvalue weighted by molar-refractivity contribution is -0.131. The zero-order valence-electron chi connectivity index (χ0n) is 11.9. The third kappa shape index (κ3) is 1.93. The number of hydrogen-bond acceptors (Lipinski definition) is 4. The van der Waals surface area contributed by atoms with Crippen LogP contribution in [0.15, 0.2) is 6.33 Å². The van der Waals surface area contributed by atoms with Crippen LogP contribution in [0.25, 0.3) is 11.0 Å². The van der Waals surface area contributed by atoms with Crippen LogP contribution in [0.4, 0.5) is 5.82 Å². The van der Waals surface area contributed by atoms with E-state index in [9.17, 15) is 4.79 Å². The second kappa shape index (κ2) is 4.53. The molecule has 2 aromatic heterocycles. The Kier molecular flexibility index (Phi) is 3.18. The number of carbonyl (C=O) groups excluding carboxylic acids is 1. The summed E-state index contributed by atoms with van der Waals surface area (Å²) in [7, 11) is 3.49. The second-order valence-electron chi connectivity index (χ2n) is 4.95. The average molecular weight is 261 g/mol. The minimum Gasteiger partial charge on any atom is -0.383 e. The van der Waals surface area contributed by atoms with Crippen molar-refractivity contribution in [2.24, 2.45) is 0 Å². The molecule has 0 saturated carbocycles. The molecule has 0 aliphatic heterocycles. The number of aromatic nitrogens is 3. The summed E-state index contributed by atoms with van der Waals surface area (Å²) < 4.78 is 1.92. The first-order valence-electron chi connectivity index (χ1n) is 6.15. The zero-order valence-corrected chi connectivity index (χ0v) is 11.9. The Morgan fingerprint density at radius 1 is 1.37 bits per heavy atom. The molecule has 6 heteroatoms. The lowest BCUT2D eigenvalue weighted by Crippen LogP contribution is -2.30. The van der Waals surface area contributed by atoms with Gasteiger partial charge in [-0.2, -0.15) is 0 Å². The minimum atomic E-state index is -0.319. The maximum absolute atomic E-state index is 12.2. The van der Waals surface area contributed by atoms with Crippen molar-refractivity contribution in [2.45, 2.75) is 26.8 Å². The first-order valence-corrected chi connectivity index (χ1v) is 6.15. The maximum atomic E-state index is 12.2. The fraction of sp³-hybridized carbons (Fsp3) is 0.462. The van der Waals surface area contributed by atoms with Crippen molar-refractivity contribution in [3.8, 4) is 0 Å². The number of nitrogens with two attached hydrogens (primary N) is 1. The van der Waals surface area contributed by atoms with Crippen LogP contribution < -0.4 is 5.73 Å². The van der Waals surface area contributed by atoms with Gasteiger partial charge in [0.05, 0.1) is 5.39 Å². The Hall–Kier alpha value is -2.11. The van der Waals surface area contributed by atoms with Gasteiger partial charge >= 0.3 is 0 Å². The summed E-state index contributed by atoms with van der Waals surface area (Å²) in [4.78, 5) is 22.1. The molecule has 0 aromatic carbocycles. The molecule has 2 rings (SSSR count). The van der Waals surface area contributed by atoms with E-state index in [2.05, 4.69) is 9.97 Å². The number of rotatable bonds is 2. The monoisotopic (exact) mass is 261 g/mol. The third-order valence-corrected chi connectivity index (χ3v) is 3.55. The van der Waals surface area contributed by atoms with E-state index >= 15 is 0 Å². The van der Waals surface area contributed by atoms with Gasteiger partial charge in [0, 0.05) is 19.8 Å². The highest BCUT2D eigenvalue weighted by molar-refractivity contribution is 5.92. The Balaban J connectivity index is 2.71.